The fraction of sp³-hybridized carbons (Fsp3) is 0.632. The lowest BCUT2D eigenvalue weighted by Gasteiger charge is -2.21. The molecule has 0 aromatic heterocycles. The number of hydrogen-bond acceptors (Lipinski definition) is 3. The van der Waals surface area contributed by atoms with E-state index in [1.54, 1.807) is 0 Å². The van der Waals surface area contributed by atoms with E-state index in [9.17, 15) is 0 Å². The molecule has 1 aliphatic rings. The van der Waals surface area contributed by atoms with Gasteiger partial charge in [-0.2, -0.15) is 0 Å². The van der Waals surface area contributed by atoms with Gasteiger partial charge in [0.05, 0.1) is 6.54 Å². The molecule has 0 saturated carbocycles. The Balaban J connectivity index is 0.00000312. The topological polar surface area (TPSA) is 48.9 Å². The summed E-state index contributed by atoms with van der Waals surface area (Å²) in [5.41, 5.74) is 1.16. The van der Waals surface area contributed by atoms with Crippen LogP contribution in [0.4, 0.5) is 0 Å². The Morgan fingerprint density at radius 3 is 2.76 bits per heavy atom. The van der Waals surface area contributed by atoms with Crippen LogP contribution < -0.4 is 15.4 Å². The SMILES string of the molecule is CCNC(=NCC(C)Oc1ccccc1C)NCC1CCCN1C.I. The van der Waals surface area contributed by atoms with Crippen LogP contribution in [0.1, 0.15) is 32.3 Å². The Labute approximate surface area is 169 Å². The molecule has 1 heterocycles. The van der Waals surface area contributed by atoms with Gasteiger partial charge in [-0.1, -0.05) is 18.2 Å². The summed E-state index contributed by atoms with van der Waals surface area (Å²) >= 11 is 0. The van der Waals surface area contributed by atoms with Gasteiger partial charge in [-0.15, -0.1) is 24.0 Å². The summed E-state index contributed by atoms with van der Waals surface area (Å²) in [6, 6.07) is 8.71. The predicted octanol–water partition coefficient (Wildman–Crippen LogP) is 3.03. The zero-order valence-electron chi connectivity index (χ0n) is 15.9. The monoisotopic (exact) mass is 460 g/mol. The normalized spacial score (nSPS) is 19.2. The van der Waals surface area contributed by atoms with E-state index in [0.717, 1.165) is 30.4 Å². The molecular formula is C19H33IN4O. The highest BCUT2D eigenvalue weighted by Crippen LogP contribution is 2.17. The second-order valence-electron chi connectivity index (χ2n) is 6.57. The van der Waals surface area contributed by atoms with Crippen LogP contribution in [0, 0.1) is 6.92 Å². The first-order valence-corrected chi connectivity index (χ1v) is 9.04. The van der Waals surface area contributed by atoms with Gasteiger partial charge in [0.15, 0.2) is 5.96 Å². The van der Waals surface area contributed by atoms with Crippen LogP contribution in [-0.2, 0) is 0 Å². The van der Waals surface area contributed by atoms with Crippen molar-refractivity contribution in [1.29, 1.82) is 0 Å². The number of ether oxygens (including phenoxy) is 1. The molecule has 1 fully saturated rings. The summed E-state index contributed by atoms with van der Waals surface area (Å²) in [7, 11) is 2.20. The van der Waals surface area contributed by atoms with E-state index in [1.807, 2.05) is 18.2 Å². The molecule has 0 spiro atoms. The lowest BCUT2D eigenvalue weighted by molar-refractivity contribution is 0.228. The van der Waals surface area contributed by atoms with Crippen LogP contribution >= 0.6 is 24.0 Å². The molecule has 0 aliphatic carbocycles. The third kappa shape index (κ3) is 7.40. The van der Waals surface area contributed by atoms with Crippen molar-refractivity contribution in [2.75, 3.05) is 33.2 Å². The van der Waals surface area contributed by atoms with Gasteiger partial charge in [-0.25, -0.2) is 4.99 Å². The smallest absolute Gasteiger partial charge is 0.191 e. The molecule has 25 heavy (non-hydrogen) atoms. The maximum absolute atomic E-state index is 6.00. The van der Waals surface area contributed by atoms with Gasteiger partial charge in [-0.05, 0) is 58.8 Å². The van der Waals surface area contributed by atoms with E-state index < -0.39 is 0 Å². The van der Waals surface area contributed by atoms with Crippen molar-refractivity contribution in [3.63, 3.8) is 0 Å². The molecule has 1 aromatic carbocycles. The van der Waals surface area contributed by atoms with E-state index in [1.165, 1.54) is 19.4 Å². The van der Waals surface area contributed by atoms with E-state index in [4.69, 9.17) is 4.74 Å². The zero-order valence-corrected chi connectivity index (χ0v) is 18.2. The molecule has 6 heteroatoms. The van der Waals surface area contributed by atoms with Crippen molar-refractivity contribution >= 4 is 29.9 Å². The van der Waals surface area contributed by atoms with Crippen molar-refractivity contribution in [1.82, 2.24) is 15.5 Å². The quantitative estimate of drug-likeness (QED) is 0.373. The van der Waals surface area contributed by atoms with Crippen LogP contribution in [0.25, 0.3) is 0 Å². The van der Waals surface area contributed by atoms with E-state index in [0.29, 0.717) is 12.6 Å². The molecule has 0 radical (unpaired) electrons. The largest absolute Gasteiger partial charge is 0.489 e. The van der Waals surface area contributed by atoms with Gasteiger partial charge >= 0.3 is 0 Å². The second-order valence-corrected chi connectivity index (χ2v) is 6.57. The summed E-state index contributed by atoms with van der Waals surface area (Å²) < 4.78 is 6.00. The number of benzene rings is 1. The molecule has 5 nitrogen and oxygen atoms in total. The number of likely N-dealkylation sites (N-methyl/N-ethyl adjacent to an activating group) is 1. The number of guanidine groups is 1. The molecule has 1 aromatic rings. The number of nitrogens with one attached hydrogen (secondary N) is 2. The molecule has 1 saturated heterocycles. The summed E-state index contributed by atoms with van der Waals surface area (Å²) in [5.74, 6) is 1.81. The number of nitrogens with zero attached hydrogens (tertiary/aromatic N) is 2. The standard InChI is InChI=1S/C19H32N4O.HI/c1-5-20-19(22-14-17-10-8-12-23(17)4)21-13-16(3)24-18-11-7-6-9-15(18)2;/h6-7,9,11,16-17H,5,8,10,12-14H2,1-4H3,(H2,20,21,22);1H. The third-order valence-electron chi connectivity index (χ3n) is 4.45. The predicted molar refractivity (Wildman–Crippen MR) is 116 cm³/mol. The van der Waals surface area contributed by atoms with Crippen LogP contribution in [0.2, 0.25) is 0 Å². The Bertz CT molecular complexity index is 538. The van der Waals surface area contributed by atoms with Crippen molar-refractivity contribution in [3.05, 3.63) is 29.8 Å². The fourth-order valence-electron chi connectivity index (χ4n) is 2.96. The fourth-order valence-corrected chi connectivity index (χ4v) is 2.96. The first kappa shape index (κ1) is 22.0. The molecule has 142 valence electrons. The van der Waals surface area contributed by atoms with Gasteiger partial charge in [0, 0.05) is 19.1 Å². The minimum atomic E-state index is 0. The van der Waals surface area contributed by atoms with Crippen LogP contribution in [0.5, 0.6) is 5.75 Å². The number of likely N-dealkylation sites (tertiary alicyclic amines) is 1. The number of rotatable bonds is 7. The first-order chi connectivity index (χ1) is 11.6. The van der Waals surface area contributed by atoms with Crippen molar-refractivity contribution in [2.45, 2.75) is 45.8 Å². The van der Waals surface area contributed by atoms with Crippen molar-refractivity contribution in [2.24, 2.45) is 4.99 Å². The summed E-state index contributed by atoms with van der Waals surface area (Å²) in [5, 5.41) is 6.78. The molecule has 2 N–H and O–H groups in total. The van der Waals surface area contributed by atoms with Crippen molar-refractivity contribution in [3.8, 4) is 5.75 Å². The third-order valence-corrected chi connectivity index (χ3v) is 4.45. The van der Waals surface area contributed by atoms with E-state index in [-0.39, 0.29) is 30.1 Å². The molecule has 2 unspecified atom stereocenters. The Kier molecular flexibility index (Phi) is 10.2. The molecule has 2 atom stereocenters. The van der Waals surface area contributed by atoms with Gasteiger partial charge in [-0.3, -0.25) is 0 Å². The van der Waals surface area contributed by atoms with Crippen LogP contribution in [-0.4, -0.2) is 56.2 Å². The highest BCUT2D eigenvalue weighted by Gasteiger charge is 2.20. The van der Waals surface area contributed by atoms with Crippen LogP contribution in [0.15, 0.2) is 29.3 Å². The lowest BCUT2D eigenvalue weighted by atomic mass is 10.2. The van der Waals surface area contributed by atoms with Gasteiger partial charge < -0.3 is 20.3 Å². The van der Waals surface area contributed by atoms with E-state index in [2.05, 4.69) is 54.4 Å². The highest BCUT2D eigenvalue weighted by atomic mass is 127. The number of halogens is 1. The number of aliphatic imine (C=N–C) groups is 1. The number of hydrogen-bond donors (Lipinski definition) is 2. The molecular weight excluding hydrogens is 427 g/mol. The number of aryl methyl sites for hydroxylation is 1. The summed E-state index contributed by atoms with van der Waals surface area (Å²) in [4.78, 5) is 7.09. The Morgan fingerprint density at radius 1 is 1.36 bits per heavy atom. The Morgan fingerprint density at radius 2 is 2.12 bits per heavy atom. The molecule has 1 aliphatic heterocycles. The maximum atomic E-state index is 6.00. The zero-order chi connectivity index (χ0) is 17.4. The minimum Gasteiger partial charge on any atom is -0.489 e. The molecule has 2 rings (SSSR count). The summed E-state index contributed by atoms with van der Waals surface area (Å²) in [6.45, 7) is 9.84. The summed E-state index contributed by atoms with van der Waals surface area (Å²) in [6.07, 6.45) is 2.59. The van der Waals surface area contributed by atoms with Crippen molar-refractivity contribution < 1.29 is 4.74 Å². The minimum absolute atomic E-state index is 0. The number of para-hydroxylation sites is 1. The lowest BCUT2D eigenvalue weighted by Crippen LogP contribution is -2.44. The average Bonchev–Trinajstić information content (AvgIpc) is 2.97. The van der Waals surface area contributed by atoms with Gasteiger partial charge in [0.25, 0.3) is 0 Å². The first-order valence-electron chi connectivity index (χ1n) is 9.04. The van der Waals surface area contributed by atoms with Gasteiger partial charge in [0.1, 0.15) is 11.9 Å². The molecule has 0 amide bonds. The van der Waals surface area contributed by atoms with E-state index >= 15 is 0 Å². The maximum Gasteiger partial charge on any atom is 0.191 e. The molecule has 0 bridgehead atoms. The Hall–Kier alpha value is -1.02. The highest BCUT2D eigenvalue weighted by molar-refractivity contribution is 14.0. The average molecular weight is 460 g/mol. The second kappa shape index (κ2) is 11.6. The van der Waals surface area contributed by atoms with Gasteiger partial charge in [0.2, 0.25) is 0 Å². The van der Waals surface area contributed by atoms with Crippen LogP contribution in [0.3, 0.4) is 0 Å².